The largest absolute Gasteiger partial charge is 0.515 e. The molecule has 0 aromatic heterocycles. The molecule has 0 spiro atoms. The molecule has 2 aromatic rings. The van der Waals surface area contributed by atoms with Gasteiger partial charge in [-0.1, -0.05) is 36.4 Å². The summed E-state index contributed by atoms with van der Waals surface area (Å²) in [7, 11) is -5.39. The van der Waals surface area contributed by atoms with E-state index in [-0.39, 0.29) is 11.4 Å². The van der Waals surface area contributed by atoms with Crippen LogP contribution < -0.4 is 4.67 Å². The Hall–Kier alpha value is -1.67. The van der Waals surface area contributed by atoms with Crippen LogP contribution in [-0.4, -0.2) is 0 Å². The van der Waals surface area contributed by atoms with Gasteiger partial charge in [-0.05, 0) is 24.3 Å². The molecule has 0 aliphatic heterocycles. The summed E-state index contributed by atoms with van der Waals surface area (Å²) in [6.45, 7) is 0. The fourth-order valence-corrected chi connectivity index (χ4v) is 2.36. The maximum Gasteiger partial charge on any atom is 0.515 e. The molecule has 0 saturated carbocycles. The second kappa shape index (κ2) is 4.68. The van der Waals surface area contributed by atoms with Crippen molar-refractivity contribution in [1.82, 2.24) is 0 Å². The van der Waals surface area contributed by atoms with Crippen LogP contribution >= 0.6 is 7.91 Å². The third-order valence-corrected chi connectivity index (χ3v) is 3.16. The topological polar surface area (TPSA) is 20.3 Å². The van der Waals surface area contributed by atoms with Crippen LogP contribution in [0.25, 0.3) is 0 Å². The Bertz CT molecular complexity index is 487. The summed E-state index contributed by atoms with van der Waals surface area (Å²) >= 11 is 0. The van der Waals surface area contributed by atoms with Crippen molar-refractivity contribution in [3.8, 4) is 0 Å². The Kier molecular flexibility index (Phi) is 3.25. The molecular formula is C12H10F2NOP. The second-order valence-electron chi connectivity index (χ2n) is 3.42. The van der Waals surface area contributed by atoms with Gasteiger partial charge in [-0.15, -0.1) is 8.39 Å². The predicted molar refractivity (Wildman–Crippen MR) is 64.8 cm³/mol. The minimum atomic E-state index is -5.39. The van der Waals surface area contributed by atoms with Gasteiger partial charge < -0.3 is 0 Å². The van der Waals surface area contributed by atoms with Gasteiger partial charge >= 0.3 is 7.91 Å². The number of halogens is 2. The van der Waals surface area contributed by atoms with E-state index in [0.717, 1.165) is 0 Å². The van der Waals surface area contributed by atoms with Gasteiger partial charge in [0.2, 0.25) is 0 Å². The minimum Gasteiger partial charge on any atom is -0.241 e. The molecule has 2 nitrogen and oxygen atoms in total. The summed E-state index contributed by atoms with van der Waals surface area (Å²) in [5.41, 5.74) is 0.430. The summed E-state index contributed by atoms with van der Waals surface area (Å²) < 4.78 is 38.2. The van der Waals surface area contributed by atoms with Crippen LogP contribution in [0.5, 0.6) is 0 Å². The van der Waals surface area contributed by atoms with E-state index in [1.165, 1.54) is 24.3 Å². The smallest absolute Gasteiger partial charge is 0.241 e. The first-order chi connectivity index (χ1) is 8.09. The van der Waals surface area contributed by atoms with Crippen molar-refractivity contribution in [2.24, 2.45) is 0 Å². The van der Waals surface area contributed by atoms with Gasteiger partial charge in [0.05, 0.1) is 11.4 Å². The number of anilines is 2. The van der Waals surface area contributed by atoms with E-state index in [2.05, 4.69) is 0 Å². The van der Waals surface area contributed by atoms with Crippen molar-refractivity contribution in [2.45, 2.75) is 0 Å². The molecule has 0 fully saturated rings. The van der Waals surface area contributed by atoms with E-state index >= 15 is 0 Å². The third kappa shape index (κ3) is 2.71. The zero-order chi connectivity index (χ0) is 12.3. The molecule has 0 unspecified atom stereocenters. The van der Waals surface area contributed by atoms with Gasteiger partial charge in [-0.25, -0.2) is 9.24 Å². The van der Waals surface area contributed by atoms with Crippen molar-refractivity contribution in [3.63, 3.8) is 0 Å². The molecule has 0 bridgehead atoms. The summed E-state index contributed by atoms with van der Waals surface area (Å²) in [5, 5.41) is 0. The Balaban J connectivity index is 2.52. The number of nitrogens with zero attached hydrogens (tertiary/aromatic N) is 1. The maximum absolute atomic E-state index is 13.2. The molecule has 0 atom stereocenters. The van der Waals surface area contributed by atoms with Gasteiger partial charge in [-0.3, -0.25) is 0 Å². The van der Waals surface area contributed by atoms with Gasteiger partial charge in [0.25, 0.3) is 0 Å². The summed E-state index contributed by atoms with van der Waals surface area (Å²) in [4.78, 5) is 0. The highest BCUT2D eigenvalue weighted by Gasteiger charge is 2.32. The lowest BCUT2D eigenvalue weighted by Crippen LogP contribution is -2.08. The molecule has 88 valence electrons. The number of hydrogen-bond donors (Lipinski definition) is 0. The zero-order valence-corrected chi connectivity index (χ0v) is 9.73. The molecule has 0 saturated heterocycles. The van der Waals surface area contributed by atoms with E-state index in [9.17, 15) is 13.0 Å². The minimum absolute atomic E-state index is 0.215. The van der Waals surface area contributed by atoms with Crippen molar-refractivity contribution in [2.75, 3.05) is 4.67 Å². The highest BCUT2D eigenvalue weighted by Crippen LogP contribution is 2.58. The standard InChI is InChI=1S/C12H10F2NOP/c13-17(14,16)15(11-7-3-1-4-8-11)12-9-5-2-6-10-12/h1-10H. The number of benzene rings is 2. The van der Waals surface area contributed by atoms with Crippen molar-refractivity contribution < 1.29 is 13.0 Å². The van der Waals surface area contributed by atoms with Crippen LogP contribution in [0, 0.1) is 0 Å². The Morgan fingerprint density at radius 1 is 0.765 bits per heavy atom. The fraction of sp³-hybridized carbons (Fsp3) is 0. The molecular weight excluding hydrogens is 243 g/mol. The zero-order valence-electron chi connectivity index (χ0n) is 8.83. The van der Waals surface area contributed by atoms with E-state index < -0.39 is 7.91 Å². The molecule has 2 rings (SSSR count). The van der Waals surface area contributed by atoms with Crippen LogP contribution in [0.15, 0.2) is 60.7 Å². The van der Waals surface area contributed by atoms with Gasteiger partial charge in [0.15, 0.2) is 0 Å². The molecule has 0 aliphatic rings. The Morgan fingerprint density at radius 3 is 1.41 bits per heavy atom. The average molecular weight is 253 g/mol. The molecule has 0 N–H and O–H groups in total. The molecule has 5 heteroatoms. The lowest BCUT2D eigenvalue weighted by molar-refractivity contribution is 0.494. The van der Waals surface area contributed by atoms with Crippen LogP contribution in [0.1, 0.15) is 0 Å². The molecule has 2 aromatic carbocycles. The first kappa shape index (κ1) is 11.8. The van der Waals surface area contributed by atoms with Crippen molar-refractivity contribution >= 4 is 19.3 Å². The highest BCUT2D eigenvalue weighted by atomic mass is 31.2. The predicted octanol–water partition coefficient (Wildman–Crippen LogP) is 4.87. The number of rotatable bonds is 3. The third-order valence-electron chi connectivity index (χ3n) is 2.23. The van der Waals surface area contributed by atoms with Gasteiger partial charge in [0.1, 0.15) is 0 Å². The van der Waals surface area contributed by atoms with E-state index in [0.29, 0.717) is 4.67 Å². The Labute approximate surface area is 98.2 Å². The van der Waals surface area contributed by atoms with Crippen molar-refractivity contribution in [3.05, 3.63) is 60.7 Å². The Morgan fingerprint density at radius 2 is 1.12 bits per heavy atom. The SMILES string of the molecule is O=P(F)(F)N(c1ccccc1)c1ccccc1. The lowest BCUT2D eigenvalue weighted by atomic mass is 10.3. The molecule has 0 radical (unpaired) electrons. The molecule has 17 heavy (non-hydrogen) atoms. The van der Waals surface area contributed by atoms with Gasteiger partial charge in [0, 0.05) is 0 Å². The van der Waals surface area contributed by atoms with E-state index in [1.54, 1.807) is 36.4 Å². The first-order valence-electron chi connectivity index (χ1n) is 4.99. The average Bonchev–Trinajstić information content (AvgIpc) is 2.30. The van der Waals surface area contributed by atoms with Crippen LogP contribution in [-0.2, 0) is 4.57 Å². The maximum atomic E-state index is 13.2. The first-order valence-corrected chi connectivity index (χ1v) is 6.43. The monoisotopic (exact) mass is 253 g/mol. The van der Waals surface area contributed by atoms with Gasteiger partial charge in [-0.2, -0.15) is 0 Å². The summed E-state index contributed by atoms with van der Waals surface area (Å²) in [5.74, 6) is 0. The molecule has 0 amide bonds. The van der Waals surface area contributed by atoms with Crippen LogP contribution in [0.4, 0.5) is 19.8 Å². The molecule has 0 heterocycles. The number of para-hydroxylation sites is 2. The van der Waals surface area contributed by atoms with Crippen LogP contribution in [0.2, 0.25) is 0 Å². The quantitative estimate of drug-likeness (QED) is 0.727. The lowest BCUT2D eigenvalue weighted by Gasteiger charge is -2.22. The summed E-state index contributed by atoms with van der Waals surface area (Å²) in [6, 6.07) is 15.9. The van der Waals surface area contributed by atoms with Crippen molar-refractivity contribution in [1.29, 1.82) is 0 Å². The van der Waals surface area contributed by atoms with Crippen LogP contribution in [0.3, 0.4) is 0 Å². The second-order valence-corrected chi connectivity index (χ2v) is 4.69. The fourth-order valence-electron chi connectivity index (χ4n) is 1.56. The van der Waals surface area contributed by atoms with E-state index in [4.69, 9.17) is 0 Å². The summed E-state index contributed by atoms with van der Waals surface area (Å²) in [6.07, 6.45) is 0. The number of hydrogen-bond acceptors (Lipinski definition) is 1. The molecule has 0 aliphatic carbocycles. The highest BCUT2D eigenvalue weighted by molar-refractivity contribution is 7.55. The van der Waals surface area contributed by atoms with E-state index in [1.807, 2.05) is 0 Å². The normalized spacial score (nSPS) is 11.2.